The van der Waals surface area contributed by atoms with Gasteiger partial charge in [0.1, 0.15) is 0 Å². The van der Waals surface area contributed by atoms with Crippen LogP contribution >= 0.6 is 0 Å². The Morgan fingerprint density at radius 2 is 2.12 bits per heavy atom. The van der Waals surface area contributed by atoms with Crippen LogP contribution in [0.3, 0.4) is 0 Å². The van der Waals surface area contributed by atoms with Gasteiger partial charge in [-0.25, -0.2) is 4.39 Å². The maximum absolute atomic E-state index is 13.3. The van der Waals surface area contributed by atoms with Crippen LogP contribution in [-0.2, 0) is 0 Å². The molecule has 88 valence electrons. The molecule has 1 atom stereocenters. The van der Waals surface area contributed by atoms with Crippen LogP contribution in [0.5, 0.6) is 0 Å². The van der Waals surface area contributed by atoms with E-state index in [4.69, 9.17) is 0 Å². The van der Waals surface area contributed by atoms with Crippen LogP contribution in [0.2, 0.25) is 0 Å². The Kier molecular flexibility index (Phi) is 3.62. The number of hydrogen-bond donors (Lipinski definition) is 1. The number of nitrogens with zero attached hydrogens (tertiary/aromatic N) is 1. The molecule has 0 radical (unpaired) electrons. The summed E-state index contributed by atoms with van der Waals surface area (Å²) < 4.78 is 13.3. The molecule has 0 saturated carbocycles. The number of pyridine rings is 1. The van der Waals surface area contributed by atoms with Crippen LogP contribution in [0.25, 0.3) is 0 Å². The van der Waals surface area contributed by atoms with Gasteiger partial charge in [0, 0.05) is 12.2 Å². The molecule has 0 spiro atoms. The SMILES string of the molecule is CC(NC(=O)c1ccncc1F)C(C)(C)C. The normalized spacial score (nSPS) is 13.3. The molecular formula is C12H17FN2O. The third-order valence-corrected chi connectivity index (χ3v) is 2.66. The quantitative estimate of drug-likeness (QED) is 0.838. The lowest BCUT2D eigenvalue weighted by Gasteiger charge is -2.28. The van der Waals surface area contributed by atoms with Crippen molar-refractivity contribution in [2.45, 2.75) is 33.7 Å². The monoisotopic (exact) mass is 224 g/mol. The van der Waals surface area contributed by atoms with Gasteiger partial charge in [-0.15, -0.1) is 0 Å². The fourth-order valence-corrected chi connectivity index (χ4v) is 1.05. The van der Waals surface area contributed by atoms with Crippen molar-refractivity contribution in [2.75, 3.05) is 0 Å². The minimum absolute atomic E-state index is 0.0334. The summed E-state index contributed by atoms with van der Waals surface area (Å²) in [5.41, 5.74) is -0.0230. The summed E-state index contributed by atoms with van der Waals surface area (Å²) in [4.78, 5) is 15.3. The molecule has 0 aromatic carbocycles. The van der Waals surface area contributed by atoms with E-state index in [9.17, 15) is 9.18 Å². The third kappa shape index (κ3) is 3.02. The second-order valence-electron chi connectivity index (χ2n) is 4.92. The summed E-state index contributed by atoms with van der Waals surface area (Å²) in [5.74, 6) is -0.997. The van der Waals surface area contributed by atoms with Crippen molar-refractivity contribution < 1.29 is 9.18 Å². The third-order valence-electron chi connectivity index (χ3n) is 2.66. The summed E-state index contributed by atoms with van der Waals surface area (Å²) in [6.45, 7) is 7.94. The maximum atomic E-state index is 13.3. The molecule has 1 aromatic heterocycles. The number of nitrogens with one attached hydrogen (secondary N) is 1. The van der Waals surface area contributed by atoms with Gasteiger partial charge in [-0.2, -0.15) is 0 Å². The molecule has 1 amide bonds. The van der Waals surface area contributed by atoms with Gasteiger partial charge >= 0.3 is 0 Å². The largest absolute Gasteiger partial charge is 0.349 e. The first kappa shape index (κ1) is 12.6. The van der Waals surface area contributed by atoms with Crippen molar-refractivity contribution in [1.29, 1.82) is 0 Å². The molecule has 0 aliphatic heterocycles. The molecule has 3 nitrogen and oxygen atoms in total. The Balaban J connectivity index is 2.78. The topological polar surface area (TPSA) is 42.0 Å². The Morgan fingerprint density at radius 3 is 2.62 bits per heavy atom. The predicted molar refractivity (Wildman–Crippen MR) is 60.6 cm³/mol. The zero-order valence-electron chi connectivity index (χ0n) is 10.0. The molecule has 0 aliphatic carbocycles. The van der Waals surface area contributed by atoms with Crippen LogP contribution in [0.15, 0.2) is 18.5 Å². The minimum atomic E-state index is -0.596. The smallest absolute Gasteiger partial charge is 0.254 e. The summed E-state index contributed by atoms with van der Waals surface area (Å²) >= 11 is 0. The number of aromatic nitrogens is 1. The highest BCUT2D eigenvalue weighted by Gasteiger charge is 2.23. The van der Waals surface area contributed by atoms with E-state index in [0.717, 1.165) is 6.20 Å². The van der Waals surface area contributed by atoms with Gasteiger partial charge in [0.2, 0.25) is 0 Å². The summed E-state index contributed by atoms with van der Waals surface area (Å²) in [7, 11) is 0. The first-order valence-corrected chi connectivity index (χ1v) is 5.22. The Hall–Kier alpha value is -1.45. The maximum Gasteiger partial charge on any atom is 0.254 e. The Bertz CT molecular complexity index is 385. The van der Waals surface area contributed by atoms with Crippen molar-refractivity contribution in [3.05, 3.63) is 29.8 Å². The number of carbonyl (C=O) groups is 1. The second kappa shape index (κ2) is 4.60. The van der Waals surface area contributed by atoms with Gasteiger partial charge in [0.05, 0.1) is 11.8 Å². The molecular weight excluding hydrogens is 207 g/mol. The molecule has 0 bridgehead atoms. The van der Waals surface area contributed by atoms with E-state index in [-0.39, 0.29) is 17.0 Å². The van der Waals surface area contributed by atoms with Crippen molar-refractivity contribution in [1.82, 2.24) is 10.3 Å². The second-order valence-corrected chi connectivity index (χ2v) is 4.92. The van der Waals surface area contributed by atoms with Crippen LogP contribution in [0, 0.1) is 11.2 Å². The van der Waals surface area contributed by atoms with E-state index in [0.29, 0.717) is 0 Å². The highest BCUT2D eigenvalue weighted by Crippen LogP contribution is 2.19. The molecule has 0 fully saturated rings. The first-order valence-electron chi connectivity index (χ1n) is 5.22. The van der Waals surface area contributed by atoms with Crippen LogP contribution in [-0.4, -0.2) is 16.9 Å². The van der Waals surface area contributed by atoms with Gasteiger partial charge in [-0.3, -0.25) is 9.78 Å². The van der Waals surface area contributed by atoms with Gasteiger partial charge in [-0.05, 0) is 18.4 Å². The molecule has 16 heavy (non-hydrogen) atoms. The minimum Gasteiger partial charge on any atom is -0.349 e. The van der Waals surface area contributed by atoms with Gasteiger partial charge in [0.15, 0.2) is 5.82 Å². The van der Waals surface area contributed by atoms with E-state index < -0.39 is 11.7 Å². The lowest BCUT2D eigenvalue weighted by molar-refractivity contribution is 0.0906. The van der Waals surface area contributed by atoms with E-state index >= 15 is 0 Å². The van der Waals surface area contributed by atoms with E-state index in [1.807, 2.05) is 27.7 Å². The molecule has 1 unspecified atom stereocenters. The molecule has 1 aromatic rings. The molecule has 4 heteroatoms. The fraction of sp³-hybridized carbons (Fsp3) is 0.500. The first-order chi connectivity index (χ1) is 7.32. The number of carbonyl (C=O) groups excluding carboxylic acids is 1. The van der Waals surface area contributed by atoms with Crippen molar-refractivity contribution in [3.63, 3.8) is 0 Å². The Labute approximate surface area is 95.1 Å². The molecule has 0 saturated heterocycles. The highest BCUT2D eigenvalue weighted by atomic mass is 19.1. The Morgan fingerprint density at radius 1 is 1.50 bits per heavy atom. The molecule has 1 heterocycles. The molecule has 1 rings (SSSR count). The van der Waals surface area contributed by atoms with Gasteiger partial charge in [0.25, 0.3) is 5.91 Å². The number of rotatable bonds is 2. The molecule has 1 N–H and O–H groups in total. The number of halogens is 1. The van der Waals surface area contributed by atoms with Gasteiger partial charge < -0.3 is 5.32 Å². The fourth-order valence-electron chi connectivity index (χ4n) is 1.05. The summed E-state index contributed by atoms with van der Waals surface area (Å²) in [6.07, 6.45) is 2.44. The van der Waals surface area contributed by atoms with E-state index in [1.54, 1.807) is 0 Å². The van der Waals surface area contributed by atoms with Crippen molar-refractivity contribution in [2.24, 2.45) is 5.41 Å². The zero-order chi connectivity index (χ0) is 12.3. The van der Waals surface area contributed by atoms with Crippen molar-refractivity contribution in [3.8, 4) is 0 Å². The van der Waals surface area contributed by atoms with Crippen LogP contribution < -0.4 is 5.32 Å². The average Bonchev–Trinajstić information content (AvgIpc) is 2.16. The standard InChI is InChI=1S/C12H17FN2O/c1-8(12(2,3)4)15-11(16)9-5-6-14-7-10(9)13/h5-8H,1-4H3,(H,15,16). The van der Waals surface area contributed by atoms with Crippen LogP contribution in [0.1, 0.15) is 38.1 Å². The predicted octanol–water partition coefficient (Wildman–Crippen LogP) is 2.39. The molecule has 0 aliphatic rings. The van der Waals surface area contributed by atoms with Crippen LogP contribution in [0.4, 0.5) is 4.39 Å². The lowest BCUT2D eigenvalue weighted by Crippen LogP contribution is -2.41. The highest BCUT2D eigenvalue weighted by molar-refractivity contribution is 5.94. The summed E-state index contributed by atoms with van der Waals surface area (Å²) in [5, 5.41) is 2.77. The average molecular weight is 224 g/mol. The number of amides is 1. The van der Waals surface area contributed by atoms with Gasteiger partial charge in [-0.1, -0.05) is 20.8 Å². The van der Waals surface area contributed by atoms with E-state index in [1.165, 1.54) is 12.3 Å². The van der Waals surface area contributed by atoms with E-state index in [2.05, 4.69) is 10.3 Å². The number of hydrogen-bond acceptors (Lipinski definition) is 2. The summed E-state index contributed by atoms with van der Waals surface area (Å²) in [6, 6.07) is 1.34. The zero-order valence-corrected chi connectivity index (χ0v) is 10.0. The van der Waals surface area contributed by atoms with Crippen molar-refractivity contribution >= 4 is 5.91 Å². The lowest BCUT2D eigenvalue weighted by atomic mass is 9.88.